The molecule has 0 heterocycles. The van der Waals surface area contributed by atoms with Crippen LogP contribution in [0.2, 0.25) is 0 Å². The van der Waals surface area contributed by atoms with E-state index >= 15 is 0 Å². The Morgan fingerprint density at radius 2 is 1.56 bits per heavy atom. The summed E-state index contributed by atoms with van der Waals surface area (Å²) in [4.78, 5) is 11.5. The lowest BCUT2D eigenvalue weighted by Gasteiger charge is -2.37. The van der Waals surface area contributed by atoms with Crippen LogP contribution in [0.15, 0.2) is 0 Å². The van der Waals surface area contributed by atoms with Crippen molar-refractivity contribution in [1.82, 2.24) is 0 Å². The summed E-state index contributed by atoms with van der Waals surface area (Å²) in [5, 5.41) is 0. The zero-order valence-corrected chi connectivity index (χ0v) is 15.8. The average Bonchev–Trinajstić information content (AvgIpc) is 2.59. The highest BCUT2D eigenvalue weighted by molar-refractivity contribution is 5.60. The van der Waals surface area contributed by atoms with Crippen LogP contribution in [0, 0.1) is 17.8 Å². The number of hydrogen-bond donors (Lipinski definition) is 0. The van der Waals surface area contributed by atoms with Crippen molar-refractivity contribution < 1.29 is 23.0 Å². The molecular formula is C20H34F2O3. The molecule has 2 aliphatic carbocycles. The van der Waals surface area contributed by atoms with Gasteiger partial charge in [0.15, 0.2) is 6.61 Å². The third-order valence-corrected chi connectivity index (χ3v) is 5.95. The van der Waals surface area contributed by atoms with E-state index in [1.807, 2.05) is 0 Å². The normalized spacial score (nSPS) is 30.7. The summed E-state index contributed by atoms with van der Waals surface area (Å²) in [5.41, 5.74) is 0. The van der Waals surface area contributed by atoms with Gasteiger partial charge >= 0.3 is 6.16 Å². The minimum absolute atomic E-state index is 0.171. The van der Waals surface area contributed by atoms with Crippen LogP contribution in [0.1, 0.15) is 84.5 Å². The largest absolute Gasteiger partial charge is 0.508 e. The summed E-state index contributed by atoms with van der Waals surface area (Å²) in [6.45, 7) is 2.07. The van der Waals surface area contributed by atoms with Gasteiger partial charge in [0.25, 0.3) is 5.92 Å². The standard InChI is InChI=1S/C20H34F2O3/c1-3-4-5-15-6-8-16(9-7-15)17-10-12-18(13-11-17)25-19(23)24-14-20(2,21)22/h15-18H,3-14H2,1-2H3. The predicted octanol–water partition coefficient (Wildman–Crippen LogP) is 6.35. The van der Waals surface area contributed by atoms with Gasteiger partial charge in [0.05, 0.1) is 0 Å². The van der Waals surface area contributed by atoms with Gasteiger partial charge in [0.2, 0.25) is 0 Å². The third kappa shape index (κ3) is 7.49. The van der Waals surface area contributed by atoms with E-state index < -0.39 is 18.7 Å². The SMILES string of the molecule is CCCCC1CCC(C2CCC(OC(=O)OCC(C)(F)F)CC2)CC1. The Labute approximate surface area is 150 Å². The first-order valence-corrected chi connectivity index (χ1v) is 10.1. The Kier molecular flexibility index (Phi) is 7.95. The minimum atomic E-state index is -3.01. The lowest BCUT2D eigenvalue weighted by atomic mass is 9.70. The Morgan fingerprint density at radius 3 is 2.08 bits per heavy atom. The first-order valence-electron chi connectivity index (χ1n) is 10.1. The molecule has 3 nitrogen and oxygen atoms in total. The van der Waals surface area contributed by atoms with E-state index in [1.165, 1.54) is 44.9 Å². The van der Waals surface area contributed by atoms with Gasteiger partial charge in [0.1, 0.15) is 6.10 Å². The number of halogens is 2. The minimum Gasteiger partial charge on any atom is -0.431 e. The molecule has 0 aromatic rings. The van der Waals surface area contributed by atoms with Crippen molar-refractivity contribution in [3.8, 4) is 0 Å². The number of unbranched alkanes of at least 4 members (excludes halogenated alkanes) is 1. The van der Waals surface area contributed by atoms with Gasteiger partial charge in [-0.15, -0.1) is 0 Å². The molecular weight excluding hydrogens is 326 g/mol. The van der Waals surface area contributed by atoms with E-state index in [0.717, 1.165) is 50.4 Å². The summed E-state index contributed by atoms with van der Waals surface area (Å²) in [5.74, 6) is -0.512. The molecule has 2 rings (SSSR count). The van der Waals surface area contributed by atoms with E-state index in [2.05, 4.69) is 11.7 Å². The highest BCUT2D eigenvalue weighted by atomic mass is 19.3. The molecule has 0 bridgehead atoms. The number of ether oxygens (including phenoxy) is 2. The molecule has 2 fully saturated rings. The highest BCUT2D eigenvalue weighted by Crippen LogP contribution is 2.41. The lowest BCUT2D eigenvalue weighted by molar-refractivity contribution is -0.0670. The van der Waals surface area contributed by atoms with Gasteiger partial charge in [-0.25, -0.2) is 13.6 Å². The Morgan fingerprint density at radius 1 is 1.00 bits per heavy atom. The van der Waals surface area contributed by atoms with Gasteiger partial charge in [-0.05, 0) is 56.3 Å². The van der Waals surface area contributed by atoms with Crippen molar-refractivity contribution in [1.29, 1.82) is 0 Å². The van der Waals surface area contributed by atoms with Crippen LogP contribution >= 0.6 is 0 Å². The van der Waals surface area contributed by atoms with Crippen molar-refractivity contribution in [2.75, 3.05) is 6.61 Å². The second-order valence-electron chi connectivity index (χ2n) is 8.19. The molecule has 0 aromatic carbocycles. The fourth-order valence-corrected chi connectivity index (χ4v) is 4.47. The number of hydrogen-bond acceptors (Lipinski definition) is 3. The first-order chi connectivity index (χ1) is 11.9. The van der Waals surface area contributed by atoms with Crippen LogP contribution in [-0.2, 0) is 9.47 Å². The number of alkyl halides is 2. The quantitative estimate of drug-likeness (QED) is 0.496. The summed E-state index contributed by atoms with van der Waals surface area (Å²) in [6.07, 6.45) is 12.2. The van der Waals surface area contributed by atoms with Gasteiger partial charge in [0, 0.05) is 6.92 Å². The van der Waals surface area contributed by atoms with E-state index in [1.54, 1.807) is 0 Å². The molecule has 146 valence electrons. The molecule has 0 aliphatic heterocycles. The number of rotatable bonds is 7. The maximum absolute atomic E-state index is 12.7. The van der Waals surface area contributed by atoms with Crippen LogP contribution in [0.5, 0.6) is 0 Å². The average molecular weight is 360 g/mol. The van der Waals surface area contributed by atoms with Gasteiger partial charge in [-0.3, -0.25) is 0 Å². The van der Waals surface area contributed by atoms with E-state index in [-0.39, 0.29) is 6.10 Å². The molecule has 0 atom stereocenters. The maximum atomic E-state index is 12.7. The fourth-order valence-electron chi connectivity index (χ4n) is 4.47. The van der Waals surface area contributed by atoms with Crippen LogP contribution in [0.25, 0.3) is 0 Å². The van der Waals surface area contributed by atoms with E-state index in [9.17, 15) is 13.6 Å². The van der Waals surface area contributed by atoms with Crippen LogP contribution in [0.3, 0.4) is 0 Å². The molecule has 0 N–H and O–H groups in total. The second kappa shape index (κ2) is 9.72. The zero-order chi connectivity index (χ0) is 18.3. The van der Waals surface area contributed by atoms with Crippen molar-refractivity contribution in [3.63, 3.8) is 0 Å². The molecule has 5 heteroatoms. The lowest BCUT2D eigenvalue weighted by Crippen LogP contribution is -2.31. The molecule has 0 amide bonds. The molecule has 25 heavy (non-hydrogen) atoms. The van der Waals surface area contributed by atoms with Gasteiger partial charge in [-0.1, -0.05) is 39.0 Å². The topological polar surface area (TPSA) is 35.5 Å². The van der Waals surface area contributed by atoms with E-state index in [4.69, 9.17) is 4.74 Å². The summed E-state index contributed by atoms with van der Waals surface area (Å²) in [6, 6.07) is 0. The molecule has 0 saturated heterocycles. The van der Waals surface area contributed by atoms with Gasteiger partial charge in [-0.2, -0.15) is 0 Å². The molecule has 2 aliphatic rings. The van der Waals surface area contributed by atoms with Crippen molar-refractivity contribution in [3.05, 3.63) is 0 Å². The Hall–Kier alpha value is -0.870. The molecule has 0 radical (unpaired) electrons. The molecule has 0 unspecified atom stereocenters. The molecule has 2 saturated carbocycles. The fraction of sp³-hybridized carbons (Fsp3) is 0.950. The van der Waals surface area contributed by atoms with Crippen molar-refractivity contribution in [2.45, 2.75) is 96.5 Å². The second-order valence-corrected chi connectivity index (χ2v) is 8.19. The van der Waals surface area contributed by atoms with Crippen molar-refractivity contribution >= 4 is 6.16 Å². The smallest absolute Gasteiger partial charge is 0.431 e. The molecule has 0 aromatic heterocycles. The molecule has 0 spiro atoms. The monoisotopic (exact) mass is 360 g/mol. The predicted molar refractivity (Wildman–Crippen MR) is 93.8 cm³/mol. The van der Waals surface area contributed by atoms with Crippen LogP contribution < -0.4 is 0 Å². The zero-order valence-electron chi connectivity index (χ0n) is 15.8. The summed E-state index contributed by atoms with van der Waals surface area (Å²) in [7, 11) is 0. The Balaban J connectivity index is 1.62. The van der Waals surface area contributed by atoms with Crippen LogP contribution in [0.4, 0.5) is 13.6 Å². The number of carbonyl (C=O) groups excluding carboxylic acids is 1. The Bertz CT molecular complexity index is 392. The van der Waals surface area contributed by atoms with Crippen molar-refractivity contribution in [2.24, 2.45) is 17.8 Å². The van der Waals surface area contributed by atoms with Gasteiger partial charge < -0.3 is 9.47 Å². The number of carbonyl (C=O) groups is 1. The summed E-state index contributed by atoms with van der Waals surface area (Å²) >= 11 is 0. The summed E-state index contributed by atoms with van der Waals surface area (Å²) < 4.78 is 35.0. The van der Waals surface area contributed by atoms with E-state index in [0.29, 0.717) is 0 Å². The maximum Gasteiger partial charge on any atom is 0.508 e. The first kappa shape index (κ1) is 20.4. The highest BCUT2D eigenvalue weighted by Gasteiger charge is 2.32. The third-order valence-electron chi connectivity index (χ3n) is 5.95. The van der Waals surface area contributed by atoms with Crippen LogP contribution in [-0.4, -0.2) is 24.8 Å².